The maximum absolute atomic E-state index is 11.2. The largest absolute Gasteiger partial charge is 0.384 e. The Hall–Kier alpha value is -0.130. The molecule has 0 fully saturated rings. The average Bonchev–Trinajstić information content (AvgIpc) is 2.09. The molecule has 0 amide bonds. The highest BCUT2D eigenvalue weighted by Gasteiger charge is 2.08. The van der Waals surface area contributed by atoms with Crippen LogP contribution in [0, 0.1) is 0 Å². The summed E-state index contributed by atoms with van der Waals surface area (Å²) in [6.45, 7) is 3.75. The van der Waals surface area contributed by atoms with Crippen molar-refractivity contribution in [2.45, 2.75) is 13.3 Å². The van der Waals surface area contributed by atoms with Gasteiger partial charge < -0.3 is 10.1 Å². The fraction of sp³-hybridized carbons (Fsp3) is 1.00. The highest BCUT2D eigenvalue weighted by atomic mass is 32.2. The van der Waals surface area contributed by atoms with Gasteiger partial charge in [-0.1, -0.05) is 6.92 Å². The molecule has 0 unspecified atom stereocenters. The predicted molar refractivity (Wildman–Crippen MR) is 53.7 cm³/mol. The van der Waals surface area contributed by atoms with Gasteiger partial charge in [-0.05, 0) is 13.0 Å². The summed E-state index contributed by atoms with van der Waals surface area (Å²) in [5.41, 5.74) is 0. The van der Waals surface area contributed by atoms with Crippen molar-refractivity contribution in [3.05, 3.63) is 0 Å². The van der Waals surface area contributed by atoms with Crippen LogP contribution in [0.3, 0.4) is 0 Å². The van der Waals surface area contributed by atoms with E-state index in [9.17, 15) is 8.42 Å². The zero-order chi connectivity index (χ0) is 10.2. The summed E-state index contributed by atoms with van der Waals surface area (Å²) in [5.74, 6) is 0.327. The van der Waals surface area contributed by atoms with Crippen molar-refractivity contribution in [2.24, 2.45) is 0 Å². The van der Waals surface area contributed by atoms with E-state index in [4.69, 9.17) is 4.74 Å². The maximum Gasteiger partial charge on any atom is 0.153 e. The van der Waals surface area contributed by atoms with E-state index >= 15 is 0 Å². The van der Waals surface area contributed by atoms with Gasteiger partial charge >= 0.3 is 0 Å². The molecule has 0 aromatic rings. The first-order valence-corrected chi connectivity index (χ1v) is 6.34. The first kappa shape index (κ1) is 12.9. The van der Waals surface area contributed by atoms with Crippen LogP contribution in [0.15, 0.2) is 0 Å². The predicted octanol–water partition coefficient (Wildman–Crippen LogP) is 0.0472. The number of methoxy groups -OCH3 is 1. The molecule has 0 aliphatic rings. The molecule has 0 aromatic heterocycles. The Morgan fingerprint density at radius 2 is 1.92 bits per heavy atom. The van der Waals surface area contributed by atoms with Gasteiger partial charge in [0.2, 0.25) is 0 Å². The van der Waals surface area contributed by atoms with Gasteiger partial charge in [0.1, 0.15) is 0 Å². The van der Waals surface area contributed by atoms with Crippen molar-refractivity contribution in [3.8, 4) is 0 Å². The third-order valence-corrected chi connectivity index (χ3v) is 3.23. The molecule has 5 heteroatoms. The van der Waals surface area contributed by atoms with Gasteiger partial charge in [0, 0.05) is 13.7 Å². The van der Waals surface area contributed by atoms with E-state index in [0.717, 1.165) is 13.0 Å². The topological polar surface area (TPSA) is 55.4 Å². The van der Waals surface area contributed by atoms with E-state index in [1.807, 2.05) is 6.92 Å². The smallest absolute Gasteiger partial charge is 0.153 e. The summed E-state index contributed by atoms with van der Waals surface area (Å²) in [7, 11) is -1.41. The van der Waals surface area contributed by atoms with E-state index < -0.39 is 9.84 Å². The monoisotopic (exact) mass is 209 g/mol. The lowest BCUT2D eigenvalue weighted by Gasteiger charge is -2.04. The third kappa shape index (κ3) is 8.21. The number of hydrogen-bond donors (Lipinski definition) is 1. The van der Waals surface area contributed by atoms with E-state index in [1.54, 1.807) is 0 Å². The fourth-order valence-corrected chi connectivity index (χ4v) is 1.92. The van der Waals surface area contributed by atoms with Gasteiger partial charge in [0.05, 0.1) is 18.1 Å². The second-order valence-electron chi connectivity index (χ2n) is 2.89. The Morgan fingerprint density at radius 3 is 2.46 bits per heavy atom. The third-order valence-electron chi connectivity index (χ3n) is 1.62. The van der Waals surface area contributed by atoms with Gasteiger partial charge in [0.25, 0.3) is 0 Å². The Labute approximate surface area is 80.6 Å². The first-order chi connectivity index (χ1) is 6.12. The lowest BCUT2D eigenvalue weighted by molar-refractivity contribution is 0.217. The molecule has 4 nitrogen and oxygen atoms in total. The maximum atomic E-state index is 11.2. The molecule has 0 aliphatic heterocycles. The quantitative estimate of drug-likeness (QED) is 0.574. The van der Waals surface area contributed by atoms with Crippen LogP contribution < -0.4 is 5.32 Å². The zero-order valence-electron chi connectivity index (χ0n) is 8.38. The molecule has 0 radical (unpaired) electrons. The van der Waals surface area contributed by atoms with Gasteiger partial charge in [-0.25, -0.2) is 8.42 Å². The number of hydrogen-bond acceptors (Lipinski definition) is 4. The fourth-order valence-electron chi connectivity index (χ4n) is 0.842. The molecule has 0 bridgehead atoms. The molecular weight excluding hydrogens is 190 g/mol. The van der Waals surface area contributed by atoms with Crippen LogP contribution in [-0.4, -0.2) is 46.7 Å². The molecule has 1 N–H and O–H groups in total. The van der Waals surface area contributed by atoms with Gasteiger partial charge in [-0.3, -0.25) is 0 Å². The minimum atomic E-state index is -2.91. The van der Waals surface area contributed by atoms with Crippen LogP contribution in [0.1, 0.15) is 13.3 Å². The van der Waals surface area contributed by atoms with Crippen LogP contribution in [-0.2, 0) is 14.6 Å². The summed E-state index contributed by atoms with van der Waals surface area (Å²) < 4.78 is 27.2. The lowest BCUT2D eigenvalue weighted by Crippen LogP contribution is -2.26. The summed E-state index contributed by atoms with van der Waals surface area (Å²) in [5, 5.41) is 3.05. The Morgan fingerprint density at radius 1 is 1.23 bits per heavy atom. The second kappa shape index (κ2) is 7.29. The Kier molecular flexibility index (Phi) is 7.22. The summed E-state index contributed by atoms with van der Waals surface area (Å²) >= 11 is 0. The normalized spacial score (nSPS) is 11.8. The summed E-state index contributed by atoms with van der Waals surface area (Å²) in [6, 6.07) is 0. The highest BCUT2D eigenvalue weighted by molar-refractivity contribution is 7.91. The molecule has 13 heavy (non-hydrogen) atoms. The standard InChI is InChI=1S/C8H19NO3S/c1-3-4-9-5-7-13(10,11)8-6-12-2/h9H,3-8H2,1-2H3. The van der Waals surface area contributed by atoms with Crippen molar-refractivity contribution in [3.63, 3.8) is 0 Å². The Bertz CT molecular complexity index is 201. The van der Waals surface area contributed by atoms with Gasteiger partial charge in [-0.2, -0.15) is 0 Å². The summed E-state index contributed by atoms with van der Waals surface area (Å²) in [4.78, 5) is 0. The molecule has 0 saturated heterocycles. The summed E-state index contributed by atoms with van der Waals surface area (Å²) in [6.07, 6.45) is 1.03. The van der Waals surface area contributed by atoms with Crippen molar-refractivity contribution >= 4 is 9.84 Å². The van der Waals surface area contributed by atoms with Crippen LogP contribution in [0.2, 0.25) is 0 Å². The number of rotatable bonds is 8. The molecule has 0 rings (SSSR count). The van der Waals surface area contributed by atoms with Crippen LogP contribution >= 0.6 is 0 Å². The second-order valence-corrected chi connectivity index (χ2v) is 5.20. The van der Waals surface area contributed by atoms with Crippen molar-refractivity contribution in [2.75, 3.05) is 38.3 Å². The molecule has 0 spiro atoms. The molecule has 0 heterocycles. The van der Waals surface area contributed by atoms with Crippen molar-refractivity contribution in [1.29, 1.82) is 0 Å². The first-order valence-electron chi connectivity index (χ1n) is 4.52. The van der Waals surface area contributed by atoms with E-state index in [0.29, 0.717) is 6.54 Å². The minimum absolute atomic E-state index is 0.122. The van der Waals surface area contributed by atoms with E-state index in [1.165, 1.54) is 7.11 Å². The Balaban J connectivity index is 3.52. The van der Waals surface area contributed by atoms with Gasteiger partial charge in [0.15, 0.2) is 9.84 Å². The number of nitrogens with one attached hydrogen (secondary N) is 1. The van der Waals surface area contributed by atoms with Crippen molar-refractivity contribution < 1.29 is 13.2 Å². The SMILES string of the molecule is CCCNCCS(=O)(=O)CCOC. The molecule has 0 aromatic carbocycles. The van der Waals surface area contributed by atoms with Gasteiger partial charge in [-0.15, -0.1) is 0 Å². The van der Waals surface area contributed by atoms with E-state index in [2.05, 4.69) is 5.32 Å². The average molecular weight is 209 g/mol. The number of sulfone groups is 1. The van der Waals surface area contributed by atoms with Crippen LogP contribution in [0.5, 0.6) is 0 Å². The lowest BCUT2D eigenvalue weighted by atomic mass is 10.5. The molecule has 0 aliphatic carbocycles. The molecular formula is C8H19NO3S. The number of ether oxygens (including phenoxy) is 1. The van der Waals surface area contributed by atoms with E-state index in [-0.39, 0.29) is 18.1 Å². The van der Waals surface area contributed by atoms with Crippen LogP contribution in [0.4, 0.5) is 0 Å². The molecule has 0 saturated carbocycles. The highest BCUT2D eigenvalue weighted by Crippen LogP contribution is 1.89. The van der Waals surface area contributed by atoms with Crippen LogP contribution in [0.25, 0.3) is 0 Å². The molecule has 80 valence electrons. The zero-order valence-corrected chi connectivity index (χ0v) is 9.19. The van der Waals surface area contributed by atoms with Crippen molar-refractivity contribution in [1.82, 2.24) is 5.32 Å². The minimum Gasteiger partial charge on any atom is -0.384 e. The molecule has 0 atom stereocenters.